The molecule has 1 aromatic heterocycles. The molecule has 7 nitrogen and oxygen atoms in total. The summed E-state index contributed by atoms with van der Waals surface area (Å²) in [5.41, 5.74) is 3.83. The molecule has 164 valence electrons. The molecule has 0 radical (unpaired) electrons. The summed E-state index contributed by atoms with van der Waals surface area (Å²) in [4.78, 5) is 17.2. The van der Waals surface area contributed by atoms with Crippen LogP contribution < -0.4 is 14.8 Å². The molecular weight excluding hydrogens is 446 g/mol. The number of anilines is 2. The van der Waals surface area contributed by atoms with Crippen LogP contribution in [0.1, 0.15) is 21.5 Å². The van der Waals surface area contributed by atoms with Crippen molar-refractivity contribution in [3.05, 3.63) is 77.4 Å². The number of aromatic nitrogens is 1. The fourth-order valence-electron chi connectivity index (χ4n) is 3.26. The molecule has 0 spiro atoms. The van der Waals surface area contributed by atoms with Gasteiger partial charge in [0.1, 0.15) is 5.75 Å². The first kappa shape index (κ1) is 21.8. The van der Waals surface area contributed by atoms with Crippen molar-refractivity contribution in [3.63, 3.8) is 0 Å². The van der Waals surface area contributed by atoms with Crippen molar-refractivity contribution in [1.82, 2.24) is 4.98 Å². The molecule has 0 aliphatic heterocycles. The summed E-state index contributed by atoms with van der Waals surface area (Å²) in [5, 5.41) is 3.33. The molecule has 4 aromatic rings. The average Bonchev–Trinajstić information content (AvgIpc) is 3.16. The van der Waals surface area contributed by atoms with Gasteiger partial charge in [-0.05, 0) is 79.6 Å². The number of nitrogens with zero attached hydrogens (tertiary/aromatic N) is 1. The summed E-state index contributed by atoms with van der Waals surface area (Å²) in [6, 6.07) is 16.3. The van der Waals surface area contributed by atoms with Gasteiger partial charge in [-0.2, -0.15) is 0 Å². The Morgan fingerprint density at radius 3 is 2.34 bits per heavy atom. The molecule has 4 rings (SSSR count). The normalized spacial score (nSPS) is 11.3. The molecule has 0 aliphatic carbocycles. The Morgan fingerprint density at radius 2 is 1.69 bits per heavy atom. The molecule has 9 heteroatoms. The molecule has 0 unspecified atom stereocenters. The lowest BCUT2D eigenvalue weighted by Crippen LogP contribution is -2.14. The minimum absolute atomic E-state index is 0.112. The summed E-state index contributed by atoms with van der Waals surface area (Å²) >= 11 is 1.42. The largest absolute Gasteiger partial charge is 0.497 e. The standard InChI is InChI=1S/C23H21N3O4S2/c1-14-12-15(2)21-20(13-14)24-23(31-21)25-22(27)16-4-6-17(7-5-16)26-32(28,29)19-10-8-18(30-3)9-11-19/h4-13,26H,1-3H3,(H,24,25,27). The van der Waals surface area contributed by atoms with Gasteiger partial charge < -0.3 is 4.74 Å². The number of carbonyl (C=O) groups is 1. The van der Waals surface area contributed by atoms with E-state index >= 15 is 0 Å². The van der Waals surface area contributed by atoms with Gasteiger partial charge in [-0.25, -0.2) is 13.4 Å². The first-order chi connectivity index (χ1) is 15.2. The Balaban J connectivity index is 1.47. The lowest BCUT2D eigenvalue weighted by atomic mass is 10.1. The number of sulfonamides is 1. The molecule has 0 aliphatic rings. The number of fused-ring (bicyclic) bond motifs is 1. The minimum Gasteiger partial charge on any atom is -0.497 e. The topological polar surface area (TPSA) is 97.4 Å². The second kappa shape index (κ2) is 8.60. The number of hydrogen-bond donors (Lipinski definition) is 2. The van der Waals surface area contributed by atoms with Crippen molar-refractivity contribution in [3.8, 4) is 5.75 Å². The van der Waals surface area contributed by atoms with E-state index < -0.39 is 10.0 Å². The summed E-state index contributed by atoms with van der Waals surface area (Å²) < 4.78 is 33.7. The van der Waals surface area contributed by atoms with E-state index in [4.69, 9.17) is 4.74 Å². The SMILES string of the molecule is COc1ccc(S(=O)(=O)Nc2ccc(C(=O)Nc3nc4cc(C)cc(C)c4s3)cc2)cc1. The molecule has 0 atom stereocenters. The highest BCUT2D eigenvalue weighted by molar-refractivity contribution is 7.92. The quantitative estimate of drug-likeness (QED) is 0.417. The maximum absolute atomic E-state index is 12.6. The predicted octanol–water partition coefficient (Wildman–Crippen LogP) is 4.97. The maximum Gasteiger partial charge on any atom is 0.261 e. The van der Waals surface area contributed by atoms with Gasteiger partial charge in [-0.3, -0.25) is 14.8 Å². The van der Waals surface area contributed by atoms with Crippen LogP contribution in [0.2, 0.25) is 0 Å². The summed E-state index contributed by atoms with van der Waals surface area (Å²) in [6.07, 6.45) is 0. The van der Waals surface area contributed by atoms with Crippen LogP contribution in [0.25, 0.3) is 10.2 Å². The molecule has 0 saturated carbocycles. The number of benzene rings is 3. The Labute approximate surface area is 190 Å². The van der Waals surface area contributed by atoms with Crippen molar-refractivity contribution < 1.29 is 17.9 Å². The monoisotopic (exact) mass is 467 g/mol. The van der Waals surface area contributed by atoms with Crippen LogP contribution in [-0.2, 0) is 10.0 Å². The number of rotatable bonds is 6. The van der Waals surface area contributed by atoms with Crippen LogP contribution in [0.15, 0.2) is 65.6 Å². The van der Waals surface area contributed by atoms with Crippen molar-refractivity contribution in [2.75, 3.05) is 17.1 Å². The van der Waals surface area contributed by atoms with Crippen molar-refractivity contribution in [2.24, 2.45) is 0 Å². The van der Waals surface area contributed by atoms with E-state index in [1.807, 2.05) is 19.9 Å². The van der Waals surface area contributed by atoms with Crippen LogP contribution in [0.3, 0.4) is 0 Å². The zero-order valence-corrected chi connectivity index (χ0v) is 19.3. The Kier molecular flexibility index (Phi) is 5.86. The molecular formula is C23H21N3O4S2. The van der Waals surface area contributed by atoms with E-state index in [2.05, 4.69) is 21.1 Å². The third-order valence-corrected chi connectivity index (χ3v) is 7.33. The van der Waals surface area contributed by atoms with E-state index in [0.717, 1.165) is 21.3 Å². The summed E-state index contributed by atoms with van der Waals surface area (Å²) in [7, 11) is -2.24. The van der Waals surface area contributed by atoms with Crippen molar-refractivity contribution in [2.45, 2.75) is 18.7 Å². The van der Waals surface area contributed by atoms with Gasteiger partial charge >= 0.3 is 0 Å². The molecule has 32 heavy (non-hydrogen) atoms. The molecule has 2 N–H and O–H groups in total. The Morgan fingerprint density at radius 1 is 1.00 bits per heavy atom. The summed E-state index contributed by atoms with van der Waals surface area (Å²) in [6.45, 7) is 4.03. The van der Waals surface area contributed by atoms with Gasteiger partial charge in [-0.1, -0.05) is 17.4 Å². The second-order valence-electron chi connectivity index (χ2n) is 7.26. The van der Waals surface area contributed by atoms with E-state index in [0.29, 0.717) is 22.1 Å². The van der Waals surface area contributed by atoms with Crippen LogP contribution >= 0.6 is 11.3 Å². The van der Waals surface area contributed by atoms with Gasteiger partial charge in [0.15, 0.2) is 5.13 Å². The molecule has 1 heterocycles. The highest BCUT2D eigenvalue weighted by Crippen LogP contribution is 2.30. The minimum atomic E-state index is -3.76. The molecule has 0 fully saturated rings. The molecule has 0 saturated heterocycles. The Bertz CT molecular complexity index is 1390. The van der Waals surface area contributed by atoms with E-state index in [1.54, 1.807) is 36.4 Å². The zero-order chi connectivity index (χ0) is 22.9. The highest BCUT2D eigenvalue weighted by Gasteiger charge is 2.15. The van der Waals surface area contributed by atoms with Gasteiger partial charge in [-0.15, -0.1) is 0 Å². The number of aryl methyl sites for hydroxylation is 2. The second-order valence-corrected chi connectivity index (χ2v) is 9.94. The first-order valence-electron chi connectivity index (χ1n) is 9.71. The van der Waals surface area contributed by atoms with Gasteiger partial charge in [0.05, 0.1) is 22.2 Å². The number of hydrogen-bond acceptors (Lipinski definition) is 6. The van der Waals surface area contributed by atoms with Crippen LogP contribution in [0, 0.1) is 13.8 Å². The van der Waals surface area contributed by atoms with Gasteiger partial charge in [0, 0.05) is 11.3 Å². The number of amides is 1. The van der Waals surface area contributed by atoms with Gasteiger partial charge in [0.2, 0.25) is 0 Å². The molecule has 0 bridgehead atoms. The van der Waals surface area contributed by atoms with Crippen LogP contribution in [0.5, 0.6) is 5.75 Å². The van der Waals surface area contributed by atoms with E-state index in [-0.39, 0.29) is 10.8 Å². The average molecular weight is 468 g/mol. The molecule has 3 aromatic carbocycles. The number of thiazole rings is 1. The number of nitrogens with one attached hydrogen (secondary N) is 2. The third-order valence-electron chi connectivity index (χ3n) is 4.81. The fraction of sp³-hybridized carbons (Fsp3) is 0.130. The Hall–Kier alpha value is -3.43. The first-order valence-corrected chi connectivity index (χ1v) is 12.0. The van der Waals surface area contributed by atoms with Crippen LogP contribution in [-0.4, -0.2) is 26.4 Å². The number of ether oxygens (including phenoxy) is 1. The lowest BCUT2D eigenvalue weighted by Gasteiger charge is -2.09. The van der Waals surface area contributed by atoms with Gasteiger partial charge in [0.25, 0.3) is 15.9 Å². The highest BCUT2D eigenvalue weighted by atomic mass is 32.2. The number of carbonyl (C=O) groups excluding carboxylic acids is 1. The van der Waals surface area contributed by atoms with E-state index in [1.165, 1.54) is 30.6 Å². The fourth-order valence-corrected chi connectivity index (χ4v) is 5.23. The van der Waals surface area contributed by atoms with Crippen molar-refractivity contribution in [1.29, 1.82) is 0 Å². The lowest BCUT2D eigenvalue weighted by molar-refractivity contribution is 0.102. The smallest absolute Gasteiger partial charge is 0.261 e. The summed E-state index contributed by atoms with van der Waals surface area (Å²) in [5.74, 6) is 0.251. The number of methoxy groups -OCH3 is 1. The van der Waals surface area contributed by atoms with E-state index in [9.17, 15) is 13.2 Å². The molecule has 1 amide bonds. The third kappa shape index (κ3) is 4.58. The predicted molar refractivity (Wildman–Crippen MR) is 127 cm³/mol. The van der Waals surface area contributed by atoms with Crippen molar-refractivity contribution >= 4 is 48.3 Å². The maximum atomic E-state index is 12.6. The zero-order valence-electron chi connectivity index (χ0n) is 17.7. The van der Waals surface area contributed by atoms with Crippen LogP contribution in [0.4, 0.5) is 10.8 Å².